The normalized spacial score (nSPS) is 24.9. The number of carbonyl (C=O) groups excluding carboxylic acids is 2. The molecule has 2 atom stereocenters. The molecule has 0 radical (unpaired) electrons. The Morgan fingerprint density at radius 1 is 1.27 bits per heavy atom. The van der Waals surface area contributed by atoms with E-state index in [0.29, 0.717) is 19.3 Å². The van der Waals surface area contributed by atoms with Gasteiger partial charge in [-0.15, -0.1) is 12.3 Å². The van der Waals surface area contributed by atoms with Gasteiger partial charge in [0.25, 0.3) is 0 Å². The van der Waals surface area contributed by atoms with Crippen molar-refractivity contribution in [1.29, 1.82) is 0 Å². The van der Waals surface area contributed by atoms with Gasteiger partial charge in [0.05, 0.1) is 6.10 Å². The van der Waals surface area contributed by atoms with E-state index in [1.54, 1.807) is 27.7 Å². The van der Waals surface area contributed by atoms with E-state index < -0.39 is 29.6 Å². The molecular weight excluding hydrogens is 338 g/mol. The van der Waals surface area contributed by atoms with Crippen LogP contribution >= 0.6 is 0 Å². The van der Waals surface area contributed by atoms with Crippen molar-refractivity contribution in [2.24, 2.45) is 10.2 Å². The molecule has 144 valence electrons. The first-order valence-electron chi connectivity index (χ1n) is 8.87. The lowest BCUT2D eigenvalue weighted by molar-refractivity contribution is -0.173. The van der Waals surface area contributed by atoms with Gasteiger partial charge in [-0.25, -0.2) is 4.79 Å². The number of amides is 1. The van der Waals surface area contributed by atoms with E-state index in [1.807, 2.05) is 0 Å². The third-order valence-corrected chi connectivity index (χ3v) is 4.07. The Balaban J connectivity index is 1.79. The van der Waals surface area contributed by atoms with Crippen LogP contribution < -0.4 is 5.32 Å². The lowest BCUT2D eigenvalue weighted by atomic mass is 10.0. The summed E-state index contributed by atoms with van der Waals surface area (Å²) in [6.07, 6.45) is 5.55. The van der Waals surface area contributed by atoms with Crippen molar-refractivity contribution in [1.82, 2.24) is 5.32 Å². The second kappa shape index (κ2) is 8.14. The molecule has 2 heterocycles. The highest BCUT2D eigenvalue weighted by atomic mass is 16.8. The number of hydrogen-bond donors (Lipinski definition) is 1. The zero-order valence-corrected chi connectivity index (χ0v) is 15.8. The molecule has 0 aliphatic carbocycles. The third kappa shape index (κ3) is 5.78. The fourth-order valence-corrected chi connectivity index (χ4v) is 2.77. The zero-order chi connectivity index (χ0) is 19.4. The smallest absolute Gasteiger partial charge is 0.338 e. The summed E-state index contributed by atoms with van der Waals surface area (Å²) in [6, 6.07) is 0. The summed E-state index contributed by atoms with van der Waals surface area (Å²) in [7, 11) is 0. The molecule has 2 aliphatic heterocycles. The van der Waals surface area contributed by atoms with Crippen LogP contribution in [0.4, 0.5) is 0 Å². The van der Waals surface area contributed by atoms with Gasteiger partial charge in [0.2, 0.25) is 5.91 Å². The van der Waals surface area contributed by atoms with Crippen LogP contribution in [-0.2, 0) is 23.8 Å². The van der Waals surface area contributed by atoms with Crippen LogP contribution in [0.15, 0.2) is 10.2 Å². The summed E-state index contributed by atoms with van der Waals surface area (Å²) in [5.74, 6) is 0.987. The number of hydrogen-bond acceptors (Lipinski definition) is 7. The molecule has 0 aromatic rings. The van der Waals surface area contributed by atoms with Gasteiger partial charge in [0.1, 0.15) is 6.10 Å². The molecule has 8 heteroatoms. The lowest BCUT2D eigenvalue weighted by Gasteiger charge is -2.18. The fraction of sp³-hybridized carbons (Fsp3) is 0.778. The summed E-state index contributed by atoms with van der Waals surface area (Å²) >= 11 is 0. The summed E-state index contributed by atoms with van der Waals surface area (Å²) in [6.45, 7) is 7.12. The van der Waals surface area contributed by atoms with Crippen molar-refractivity contribution in [3.05, 3.63) is 0 Å². The Labute approximate surface area is 154 Å². The van der Waals surface area contributed by atoms with E-state index in [0.717, 1.165) is 0 Å². The van der Waals surface area contributed by atoms with Crippen molar-refractivity contribution in [2.45, 2.75) is 83.1 Å². The van der Waals surface area contributed by atoms with Gasteiger partial charge in [-0.3, -0.25) is 4.79 Å². The zero-order valence-electron chi connectivity index (χ0n) is 15.8. The van der Waals surface area contributed by atoms with Gasteiger partial charge in [0.15, 0.2) is 17.6 Å². The summed E-state index contributed by atoms with van der Waals surface area (Å²) < 4.78 is 16.6. The Morgan fingerprint density at radius 2 is 1.96 bits per heavy atom. The molecule has 0 saturated carbocycles. The van der Waals surface area contributed by atoms with E-state index in [1.165, 1.54) is 0 Å². The van der Waals surface area contributed by atoms with Gasteiger partial charge < -0.3 is 19.5 Å². The number of esters is 1. The largest absolute Gasteiger partial charge is 0.461 e. The van der Waals surface area contributed by atoms with Crippen LogP contribution in [0.2, 0.25) is 0 Å². The van der Waals surface area contributed by atoms with Crippen LogP contribution in [0, 0.1) is 12.3 Å². The molecule has 1 saturated heterocycles. The van der Waals surface area contributed by atoms with Gasteiger partial charge in [-0.1, -0.05) is 0 Å². The molecule has 2 rings (SSSR count). The highest BCUT2D eigenvalue weighted by Crippen LogP contribution is 2.37. The van der Waals surface area contributed by atoms with Gasteiger partial charge >= 0.3 is 5.97 Å². The molecule has 1 fully saturated rings. The van der Waals surface area contributed by atoms with Crippen molar-refractivity contribution in [3.8, 4) is 12.3 Å². The molecule has 0 aromatic carbocycles. The summed E-state index contributed by atoms with van der Waals surface area (Å²) in [5, 5.41) is 10.8. The summed E-state index contributed by atoms with van der Waals surface area (Å²) in [5.41, 5.74) is -0.484. The van der Waals surface area contributed by atoms with Gasteiger partial charge in [-0.2, -0.15) is 10.2 Å². The van der Waals surface area contributed by atoms with E-state index in [2.05, 4.69) is 21.5 Å². The topological polar surface area (TPSA) is 98.6 Å². The molecule has 1 N–H and O–H groups in total. The highest BCUT2D eigenvalue weighted by molar-refractivity contribution is 5.77. The quantitative estimate of drug-likeness (QED) is 0.497. The second-order valence-corrected chi connectivity index (χ2v) is 7.27. The first kappa shape index (κ1) is 20.3. The number of rotatable bonds is 9. The Kier molecular flexibility index (Phi) is 6.37. The molecule has 0 unspecified atom stereocenters. The Bertz CT molecular complexity index is 602. The van der Waals surface area contributed by atoms with Crippen LogP contribution in [0.3, 0.4) is 0 Å². The average molecular weight is 365 g/mol. The predicted octanol–water partition coefficient (Wildman–Crippen LogP) is 1.93. The molecule has 8 nitrogen and oxygen atoms in total. The van der Waals surface area contributed by atoms with Gasteiger partial charge in [0, 0.05) is 32.2 Å². The van der Waals surface area contributed by atoms with Crippen LogP contribution in [-0.4, -0.2) is 48.2 Å². The van der Waals surface area contributed by atoms with Crippen molar-refractivity contribution < 1.29 is 23.8 Å². The molecule has 2 aliphatic rings. The number of nitrogens with one attached hydrogen (secondary N) is 1. The van der Waals surface area contributed by atoms with E-state index in [9.17, 15) is 9.59 Å². The van der Waals surface area contributed by atoms with Crippen molar-refractivity contribution in [3.63, 3.8) is 0 Å². The number of carbonyl (C=O) groups is 2. The minimum atomic E-state index is -0.916. The highest BCUT2D eigenvalue weighted by Gasteiger charge is 2.46. The monoisotopic (exact) mass is 365 g/mol. The average Bonchev–Trinajstić information content (AvgIpc) is 3.25. The molecule has 0 aromatic heterocycles. The van der Waals surface area contributed by atoms with Crippen LogP contribution in [0.1, 0.15) is 53.4 Å². The van der Waals surface area contributed by atoms with Crippen molar-refractivity contribution >= 4 is 11.9 Å². The number of ether oxygens (including phenoxy) is 3. The fourth-order valence-electron chi connectivity index (χ4n) is 2.77. The maximum absolute atomic E-state index is 12.2. The van der Waals surface area contributed by atoms with Crippen LogP contribution in [0.25, 0.3) is 0 Å². The molecule has 1 amide bonds. The second-order valence-electron chi connectivity index (χ2n) is 7.27. The van der Waals surface area contributed by atoms with Crippen LogP contribution in [0.5, 0.6) is 0 Å². The van der Waals surface area contributed by atoms with E-state index in [-0.39, 0.29) is 25.0 Å². The minimum absolute atomic E-state index is 0.158. The molecular formula is C18H27N3O5. The standard InChI is InChI=1S/C18H27N3O5/c1-6-7-9-18(20-21-18)10-8-14(22)19-11-13-15(16(23)24-12(2)3)26-17(4,5)25-13/h1,12-13,15H,7-11H2,2-5H3,(H,19,22)/t13-,15+/m0/s1. The minimum Gasteiger partial charge on any atom is -0.461 e. The van der Waals surface area contributed by atoms with Crippen molar-refractivity contribution in [2.75, 3.05) is 6.54 Å². The Morgan fingerprint density at radius 3 is 2.54 bits per heavy atom. The van der Waals surface area contributed by atoms with E-state index in [4.69, 9.17) is 20.6 Å². The molecule has 0 spiro atoms. The lowest BCUT2D eigenvalue weighted by Crippen LogP contribution is -2.42. The maximum atomic E-state index is 12.2. The summed E-state index contributed by atoms with van der Waals surface area (Å²) in [4.78, 5) is 24.3. The maximum Gasteiger partial charge on any atom is 0.338 e. The number of terminal acetylenes is 1. The SMILES string of the molecule is C#CCCC1(CCC(=O)NC[C@@H]2OC(C)(C)O[C@H]2C(=O)OC(C)C)N=N1. The first-order valence-corrected chi connectivity index (χ1v) is 8.87. The molecule has 26 heavy (non-hydrogen) atoms. The van der Waals surface area contributed by atoms with E-state index >= 15 is 0 Å². The van der Waals surface area contributed by atoms with Gasteiger partial charge in [-0.05, 0) is 27.7 Å². The first-order chi connectivity index (χ1) is 12.2. The Hall–Kier alpha value is -1.98. The number of nitrogens with zero attached hydrogens (tertiary/aromatic N) is 2. The third-order valence-electron chi connectivity index (χ3n) is 4.07. The predicted molar refractivity (Wildman–Crippen MR) is 93.0 cm³/mol. The molecule has 0 bridgehead atoms.